The summed E-state index contributed by atoms with van der Waals surface area (Å²) in [6, 6.07) is 24.7. The summed E-state index contributed by atoms with van der Waals surface area (Å²) in [5.41, 5.74) is 3.59. The number of aromatic nitrogens is 4. The molecule has 0 bridgehead atoms. The van der Waals surface area contributed by atoms with Crippen molar-refractivity contribution in [2.24, 2.45) is 0 Å². The number of fused-ring (bicyclic) bond motifs is 3. The minimum Gasteiger partial charge on any atom is -0.458 e. The molecule has 0 radical (unpaired) electrons. The molecular formula is C49H40N4O. The molecule has 262 valence electrons. The number of hydrogen-bond donors (Lipinski definition) is 0. The molecule has 5 heteroatoms. The largest absolute Gasteiger partial charge is 0.458 e. The number of benzene rings is 6. The number of ether oxygens (including phenoxy) is 1. The third-order valence-corrected chi connectivity index (χ3v) is 9.61. The Hall–Kier alpha value is -6.72. The van der Waals surface area contributed by atoms with Gasteiger partial charge in [0.2, 0.25) is 0 Å². The van der Waals surface area contributed by atoms with Crippen molar-refractivity contribution in [3.63, 3.8) is 0 Å². The summed E-state index contributed by atoms with van der Waals surface area (Å²) in [4.78, 5) is 4.78. The van der Waals surface area contributed by atoms with Crippen LogP contribution in [0.2, 0.25) is 0 Å². The summed E-state index contributed by atoms with van der Waals surface area (Å²) in [6.07, 6.45) is 9.66. The fourth-order valence-corrected chi connectivity index (χ4v) is 7.07. The van der Waals surface area contributed by atoms with Crippen molar-refractivity contribution in [1.82, 2.24) is 14.1 Å². The van der Waals surface area contributed by atoms with Crippen LogP contribution >= 0.6 is 0 Å². The van der Waals surface area contributed by atoms with E-state index >= 15 is 0 Å². The molecule has 9 aromatic rings. The number of nitrogens with zero attached hydrogens (tertiary/aromatic N) is 4. The fraction of sp³-hybridized carbons (Fsp3) is 0.102. The van der Waals surface area contributed by atoms with Crippen molar-refractivity contribution >= 4 is 21.8 Å². The van der Waals surface area contributed by atoms with E-state index in [1.54, 1.807) is 41.4 Å². The Morgan fingerprint density at radius 2 is 1.41 bits per heavy atom. The Morgan fingerprint density at radius 1 is 0.722 bits per heavy atom. The van der Waals surface area contributed by atoms with Gasteiger partial charge in [0.25, 0.3) is 6.33 Å². The average molecular weight is 712 g/mol. The summed E-state index contributed by atoms with van der Waals surface area (Å²) in [5.74, 6) is 1.02. The van der Waals surface area contributed by atoms with Gasteiger partial charge in [-0.05, 0) is 95.1 Å². The van der Waals surface area contributed by atoms with Gasteiger partial charge in [-0.2, -0.15) is 0 Å². The van der Waals surface area contributed by atoms with E-state index in [4.69, 9.17) is 24.8 Å². The minimum absolute atomic E-state index is 0.129. The predicted octanol–water partition coefficient (Wildman–Crippen LogP) is 12.1. The fourth-order valence-electron chi connectivity index (χ4n) is 7.07. The Kier molecular flexibility index (Phi) is 6.13. The first-order valence-electron chi connectivity index (χ1n) is 23.3. The van der Waals surface area contributed by atoms with Gasteiger partial charge in [-0.3, -0.25) is 13.7 Å². The van der Waals surface area contributed by atoms with Crippen LogP contribution in [0.15, 0.2) is 176 Å². The number of imidazole rings is 1. The predicted molar refractivity (Wildman–Crippen MR) is 219 cm³/mol. The summed E-state index contributed by atoms with van der Waals surface area (Å²) in [6.45, 7) is 4.05. The molecule has 0 amide bonds. The zero-order chi connectivity index (χ0) is 46.1. The molecule has 0 unspecified atom stereocenters. The molecule has 0 fully saturated rings. The van der Waals surface area contributed by atoms with Gasteiger partial charge in [0.15, 0.2) is 0 Å². The van der Waals surface area contributed by atoms with Crippen LogP contribution in [-0.2, 0) is 0 Å². The Bertz CT molecular complexity index is 3230. The maximum Gasteiger partial charge on any atom is 0.268 e. The van der Waals surface area contributed by atoms with Crippen molar-refractivity contribution in [2.45, 2.75) is 32.6 Å². The maximum atomic E-state index is 9.13. The highest BCUT2D eigenvalue weighted by molar-refractivity contribution is 6.09. The molecule has 0 saturated heterocycles. The summed E-state index contributed by atoms with van der Waals surface area (Å²) in [5, 5.41) is 2.06. The number of pyridine rings is 1. The third-order valence-electron chi connectivity index (χ3n) is 9.61. The zero-order valence-electron chi connectivity index (χ0n) is 40.6. The lowest BCUT2D eigenvalue weighted by Crippen LogP contribution is -2.30. The van der Waals surface area contributed by atoms with E-state index in [0.29, 0.717) is 35.8 Å². The molecular weight excluding hydrogens is 661 g/mol. The van der Waals surface area contributed by atoms with Gasteiger partial charge in [0.05, 0.1) is 36.1 Å². The van der Waals surface area contributed by atoms with E-state index in [0.717, 1.165) is 27.4 Å². The zero-order valence-corrected chi connectivity index (χ0v) is 29.6. The maximum absolute atomic E-state index is 9.13. The average Bonchev–Trinajstić information content (AvgIpc) is 3.95. The Labute approximate surface area is 331 Å². The molecule has 0 atom stereocenters. The van der Waals surface area contributed by atoms with E-state index < -0.39 is 66.3 Å². The summed E-state index contributed by atoms with van der Waals surface area (Å²) in [7, 11) is 0. The van der Waals surface area contributed by atoms with Crippen molar-refractivity contribution < 1.29 is 24.4 Å². The molecule has 0 aliphatic heterocycles. The van der Waals surface area contributed by atoms with Crippen LogP contribution in [0, 0.1) is 6.33 Å². The second kappa shape index (κ2) is 14.4. The molecule has 0 aliphatic carbocycles. The van der Waals surface area contributed by atoms with Gasteiger partial charge in [-0.25, -0.2) is 4.98 Å². The molecule has 9 rings (SSSR count). The van der Waals surface area contributed by atoms with Crippen molar-refractivity contribution in [1.29, 1.82) is 0 Å². The first kappa shape index (κ1) is 23.1. The highest BCUT2D eigenvalue weighted by Gasteiger charge is 2.18. The van der Waals surface area contributed by atoms with Crippen molar-refractivity contribution in [3.8, 4) is 50.9 Å². The molecule has 0 N–H and O–H groups in total. The van der Waals surface area contributed by atoms with Gasteiger partial charge in [0, 0.05) is 36.8 Å². The van der Waals surface area contributed by atoms with Crippen LogP contribution in [0.1, 0.15) is 53.2 Å². The minimum atomic E-state index is -0.744. The number of para-hydroxylation sites is 2. The normalized spacial score (nSPS) is 14.5. The van der Waals surface area contributed by atoms with Gasteiger partial charge in [-0.1, -0.05) is 117 Å². The van der Waals surface area contributed by atoms with E-state index in [2.05, 4.69) is 23.0 Å². The third kappa shape index (κ3) is 6.14. The van der Waals surface area contributed by atoms with Crippen molar-refractivity contribution in [3.05, 3.63) is 188 Å². The van der Waals surface area contributed by atoms with Crippen LogP contribution in [0.5, 0.6) is 11.5 Å². The topological polar surface area (TPSA) is 35.9 Å². The van der Waals surface area contributed by atoms with E-state index in [1.807, 2.05) is 80.6 Å². The summed E-state index contributed by atoms with van der Waals surface area (Å²) >= 11 is 0. The SMILES string of the molecule is [2H]c1c([2H])c([2H])c(-c2cccc(-c3c([2H])c([2H])c([2H])c([2H])c3[2H])c2-[n+]2[c-]n(-c3cccc(Oc4ccc5c6ccccc6n(-c6cc(C([2H])(CC)CC)ccn6)c5c4)c3)cc2)c([2H])c1[2H]. The van der Waals surface area contributed by atoms with Crippen LogP contribution < -0.4 is 9.30 Å². The first-order valence-corrected chi connectivity index (χ1v) is 17.8. The van der Waals surface area contributed by atoms with Crippen LogP contribution in [0.4, 0.5) is 0 Å². The van der Waals surface area contributed by atoms with Crippen LogP contribution in [0.3, 0.4) is 0 Å². The molecule has 3 aromatic heterocycles. The Balaban J connectivity index is 1.14. The Morgan fingerprint density at radius 3 is 2.15 bits per heavy atom. The lowest BCUT2D eigenvalue weighted by molar-refractivity contribution is -0.598. The molecule has 0 aliphatic rings. The van der Waals surface area contributed by atoms with E-state index in [1.165, 1.54) is 4.57 Å². The van der Waals surface area contributed by atoms with E-state index in [9.17, 15) is 0 Å². The first-order chi connectivity index (χ1) is 31.2. The van der Waals surface area contributed by atoms with Crippen LogP contribution in [-0.4, -0.2) is 14.1 Å². The van der Waals surface area contributed by atoms with Gasteiger partial charge < -0.3 is 4.74 Å². The molecule has 0 saturated carbocycles. The molecule has 0 spiro atoms. The standard InChI is InChI=1S/C49H40N4O/c1-3-35(4-2)38-27-28-50-48(31-38)53-46-24-12-11-21-44(46)45-26-25-41(33-47(45)53)54-40-20-13-19-39(32-40)51-29-30-52(34-51)49-42(36-15-7-5-8-16-36)22-14-23-43(49)37-17-9-6-10-18-37/h5-33,35H,3-4H2,1-2H3/i5D,6D,7D,8D,9D,10D,15D,16D,17D,18D,35D. The molecule has 54 heavy (non-hydrogen) atoms. The van der Waals surface area contributed by atoms with Gasteiger partial charge in [-0.15, -0.1) is 0 Å². The monoisotopic (exact) mass is 711 g/mol. The summed E-state index contributed by atoms with van der Waals surface area (Å²) < 4.78 is 106. The van der Waals surface area contributed by atoms with Gasteiger partial charge in [0.1, 0.15) is 17.3 Å². The molecule has 3 heterocycles. The van der Waals surface area contributed by atoms with E-state index in [-0.39, 0.29) is 27.9 Å². The molecule has 5 nitrogen and oxygen atoms in total. The highest BCUT2D eigenvalue weighted by atomic mass is 16.5. The quantitative estimate of drug-likeness (QED) is 0.105. The lowest BCUT2D eigenvalue weighted by Gasteiger charge is -2.16. The second-order valence-electron chi connectivity index (χ2n) is 12.7. The number of hydrogen-bond acceptors (Lipinski definition) is 2. The second-order valence-corrected chi connectivity index (χ2v) is 12.7. The van der Waals surface area contributed by atoms with Gasteiger partial charge >= 0.3 is 0 Å². The van der Waals surface area contributed by atoms with Crippen molar-refractivity contribution in [2.75, 3.05) is 0 Å². The van der Waals surface area contributed by atoms with Crippen LogP contribution in [0.25, 0.3) is 61.3 Å². The lowest BCUT2D eigenvalue weighted by atomic mass is 9.95. The number of rotatable bonds is 10. The highest BCUT2D eigenvalue weighted by Crippen LogP contribution is 2.37. The smallest absolute Gasteiger partial charge is 0.268 e. The molecule has 6 aromatic carbocycles.